The quantitative estimate of drug-likeness (QED) is 0.787. The van der Waals surface area contributed by atoms with Crippen molar-refractivity contribution in [1.82, 2.24) is 15.6 Å². The van der Waals surface area contributed by atoms with Gasteiger partial charge < -0.3 is 10.6 Å². The van der Waals surface area contributed by atoms with Crippen molar-refractivity contribution in [2.75, 3.05) is 13.1 Å². The van der Waals surface area contributed by atoms with Crippen molar-refractivity contribution in [3.05, 3.63) is 39.2 Å². The average Bonchev–Trinajstić information content (AvgIpc) is 3.23. The summed E-state index contributed by atoms with van der Waals surface area (Å²) in [6.07, 6.45) is 2.72. The Hall–Kier alpha value is -1.43. The van der Waals surface area contributed by atoms with E-state index in [-0.39, 0.29) is 11.9 Å². The number of nitrogens with zero attached hydrogens (tertiary/aromatic N) is 1. The van der Waals surface area contributed by atoms with Gasteiger partial charge in [-0.05, 0) is 57.8 Å². The maximum absolute atomic E-state index is 12.2. The monoisotopic (exact) mass is 377 g/mol. The van der Waals surface area contributed by atoms with Crippen LogP contribution in [-0.4, -0.2) is 24.0 Å². The molecule has 2 N–H and O–H groups in total. The summed E-state index contributed by atoms with van der Waals surface area (Å²) in [5.41, 5.74) is 2.02. The number of carbonyl (C=O) groups is 1. The number of hydrogen-bond donors (Lipinski definition) is 2. The molecular formula is C19H24ClN3OS. The molecule has 1 aliphatic rings. The third-order valence-electron chi connectivity index (χ3n) is 4.62. The van der Waals surface area contributed by atoms with Gasteiger partial charge in [-0.2, -0.15) is 0 Å². The third-order valence-corrected chi connectivity index (χ3v) is 6.03. The van der Waals surface area contributed by atoms with Gasteiger partial charge in [0.15, 0.2) is 0 Å². The molecule has 25 heavy (non-hydrogen) atoms. The Balaban J connectivity index is 1.60. The highest BCUT2D eigenvalue weighted by atomic mass is 35.5. The maximum Gasteiger partial charge on any atom is 0.220 e. The van der Waals surface area contributed by atoms with Crippen LogP contribution in [0.1, 0.15) is 42.1 Å². The number of halogens is 1. The number of thiazole rings is 1. The largest absolute Gasteiger partial charge is 0.347 e. The minimum absolute atomic E-state index is 0.0704. The molecule has 1 saturated heterocycles. The van der Waals surface area contributed by atoms with E-state index in [0.717, 1.165) is 45.7 Å². The first-order chi connectivity index (χ1) is 12.0. The molecule has 0 radical (unpaired) electrons. The van der Waals surface area contributed by atoms with Crippen molar-refractivity contribution in [2.24, 2.45) is 5.92 Å². The van der Waals surface area contributed by atoms with E-state index in [0.29, 0.717) is 12.3 Å². The van der Waals surface area contributed by atoms with Crippen molar-refractivity contribution >= 4 is 28.8 Å². The highest BCUT2D eigenvalue weighted by Crippen LogP contribution is 2.31. The minimum atomic E-state index is -0.0704. The molecule has 2 unspecified atom stereocenters. The molecule has 1 aliphatic heterocycles. The number of carbonyl (C=O) groups excluding carboxylic acids is 1. The van der Waals surface area contributed by atoms with Crippen molar-refractivity contribution in [3.63, 3.8) is 0 Å². The number of nitrogens with one attached hydrogen (secondary N) is 2. The molecule has 1 aromatic heterocycles. The lowest BCUT2D eigenvalue weighted by Crippen LogP contribution is -2.27. The fourth-order valence-corrected chi connectivity index (χ4v) is 4.22. The van der Waals surface area contributed by atoms with Gasteiger partial charge in [0.05, 0.1) is 11.7 Å². The number of aromatic nitrogens is 1. The topological polar surface area (TPSA) is 54.0 Å². The van der Waals surface area contributed by atoms with Gasteiger partial charge in [-0.25, -0.2) is 4.98 Å². The average molecular weight is 378 g/mol. The molecular weight excluding hydrogens is 354 g/mol. The molecule has 2 atom stereocenters. The van der Waals surface area contributed by atoms with Crippen LogP contribution < -0.4 is 10.6 Å². The van der Waals surface area contributed by atoms with E-state index in [9.17, 15) is 4.79 Å². The Morgan fingerprint density at radius 3 is 2.88 bits per heavy atom. The lowest BCUT2D eigenvalue weighted by molar-refractivity contribution is -0.122. The Bertz CT molecular complexity index is 723. The van der Waals surface area contributed by atoms with E-state index in [1.807, 2.05) is 31.2 Å². The zero-order valence-electron chi connectivity index (χ0n) is 14.6. The highest BCUT2D eigenvalue weighted by molar-refractivity contribution is 7.12. The molecule has 0 saturated carbocycles. The Kier molecular flexibility index (Phi) is 6.10. The van der Waals surface area contributed by atoms with Crippen molar-refractivity contribution < 1.29 is 4.79 Å². The van der Waals surface area contributed by atoms with Crippen LogP contribution in [0.4, 0.5) is 0 Å². The van der Waals surface area contributed by atoms with Crippen LogP contribution in [0.15, 0.2) is 24.3 Å². The SMILES string of the molecule is Cc1sc(C(C)NC(=O)CCC2CCNC2)nc1-c1ccc(Cl)cc1. The summed E-state index contributed by atoms with van der Waals surface area (Å²) in [4.78, 5) is 18.1. The summed E-state index contributed by atoms with van der Waals surface area (Å²) in [6.45, 7) is 6.18. The number of aryl methyl sites for hydroxylation is 1. The number of benzene rings is 1. The summed E-state index contributed by atoms with van der Waals surface area (Å²) >= 11 is 7.60. The second-order valence-corrected chi connectivity index (χ2v) is 8.32. The van der Waals surface area contributed by atoms with E-state index in [1.54, 1.807) is 11.3 Å². The predicted molar refractivity (Wildman–Crippen MR) is 104 cm³/mol. The van der Waals surface area contributed by atoms with E-state index < -0.39 is 0 Å². The van der Waals surface area contributed by atoms with Gasteiger partial charge in [0.1, 0.15) is 5.01 Å². The number of amides is 1. The molecule has 1 amide bonds. The molecule has 2 heterocycles. The summed E-state index contributed by atoms with van der Waals surface area (Å²) < 4.78 is 0. The molecule has 6 heteroatoms. The maximum atomic E-state index is 12.2. The van der Waals surface area contributed by atoms with Gasteiger partial charge in [-0.3, -0.25) is 4.79 Å². The smallest absolute Gasteiger partial charge is 0.220 e. The van der Waals surface area contributed by atoms with E-state index >= 15 is 0 Å². The van der Waals surface area contributed by atoms with Gasteiger partial charge in [-0.1, -0.05) is 23.7 Å². The second kappa shape index (κ2) is 8.30. The Morgan fingerprint density at radius 2 is 2.20 bits per heavy atom. The Labute approximate surface area is 158 Å². The third kappa shape index (κ3) is 4.81. The summed E-state index contributed by atoms with van der Waals surface area (Å²) in [5, 5.41) is 8.09. The first kappa shape index (κ1) is 18.4. The molecule has 3 rings (SSSR count). The second-order valence-electron chi connectivity index (χ2n) is 6.65. The lowest BCUT2D eigenvalue weighted by atomic mass is 10.0. The summed E-state index contributed by atoms with van der Waals surface area (Å²) in [6, 6.07) is 7.63. The first-order valence-electron chi connectivity index (χ1n) is 8.76. The Morgan fingerprint density at radius 1 is 1.44 bits per heavy atom. The van der Waals surface area contributed by atoms with E-state index in [2.05, 4.69) is 17.6 Å². The van der Waals surface area contributed by atoms with Gasteiger partial charge >= 0.3 is 0 Å². The van der Waals surface area contributed by atoms with Crippen LogP contribution >= 0.6 is 22.9 Å². The van der Waals surface area contributed by atoms with Crippen molar-refractivity contribution in [2.45, 2.75) is 39.2 Å². The van der Waals surface area contributed by atoms with E-state index in [1.165, 1.54) is 6.42 Å². The van der Waals surface area contributed by atoms with Crippen LogP contribution in [0.2, 0.25) is 5.02 Å². The molecule has 0 aliphatic carbocycles. The van der Waals surface area contributed by atoms with Crippen LogP contribution in [-0.2, 0) is 4.79 Å². The van der Waals surface area contributed by atoms with Gasteiger partial charge in [0.25, 0.3) is 0 Å². The van der Waals surface area contributed by atoms with Gasteiger partial charge in [-0.15, -0.1) is 11.3 Å². The molecule has 2 aromatic rings. The van der Waals surface area contributed by atoms with E-state index in [4.69, 9.17) is 16.6 Å². The normalized spacial score (nSPS) is 18.3. The lowest BCUT2D eigenvalue weighted by Gasteiger charge is -2.12. The zero-order valence-corrected chi connectivity index (χ0v) is 16.2. The fraction of sp³-hybridized carbons (Fsp3) is 0.474. The predicted octanol–water partition coefficient (Wildman–Crippen LogP) is 4.34. The summed E-state index contributed by atoms with van der Waals surface area (Å²) in [7, 11) is 0. The van der Waals surface area contributed by atoms with Crippen molar-refractivity contribution in [1.29, 1.82) is 0 Å². The number of hydrogen-bond acceptors (Lipinski definition) is 4. The van der Waals surface area contributed by atoms with Crippen LogP contribution in [0.25, 0.3) is 11.3 Å². The molecule has 4 nitrogen and oxygen atoms in total. The fourth-order valence-electron chi connectivity index (χ4n) is 3.15. The van der Waals surface area contributed by atoms with Crippen molar-refractivity contribution in [3.8, 4) is 11.3 Å². The molecule has 0 bridgehead atoms. The molecule has 1 fully saturated rings. The molecule has 0 spiro atoms. The van der Waals surface area contributed by atoms with Crippen LogP contribution in [0.3, 0.4) is 0 Å². The zero-order chi connectivity index (χ0) is 17.8. The highest BCUT2D eigenvalue weighted by Gasteiger charge is 2.19. The van der Waals surface area contributed by atoms with Crippen LogP contribution in [0, 0.1) is 12.8 Å². The number of rotatable bonds is 6. The van der Waals surface area contributed by atoms with Gasteiger partial charge in [0.2, 0.25) is 5.91 Å². The minimum Gasteiger partial charge on any atom is -0.347 e. The van der Waals surface area contributed by atoms with Gasteiger partial charge in [0, 0.05) is 21.9 Å². The first-order valence-corrected chi connectivity index (χ1v) is 9.95. The molecule has 134 valence electrons. The standard InChI is InChI=1S/C19H24ClN3OS/c1-12(22-17(24)8-3-14-9-10-21-11-14)19-23-18(13(2)25-19)15-4-6-16(20)7-5-15/h4-7,12,14,21H,3,8-11H2,1-2H3,(H,22,24). The summed E-state index contributed by atoms with van der Waals surface area (Å²) in [5.74, 6) is 0.750. The molecule has 1 aromatic carbocycles. The van der Waals surface area contributed by atoms with Crippen LogP contribution in [0.5, 0.6) is 0 Å².